The first-order valence-corrected chi connectivity index (χ1v) is 9.03. The van der Waals surface area contributed by atoms with Crippen LogP contribution in [-0.4, -0.2) is 16.6 Å². The van der Waals surface area contributed by atoms with Crippen molar-refractivity contribution < 1.29 is 22.9 Å². The molecule has 0 bridgehead atoms. The standard InChI is InChI=1S/C17H14ClF3N2O3S/c1-10(11-2-4-12(18)5-3-11)27-9-16(24)22-15-7-6-13(23(25)26)8-14(15)17(19,20)21/h2-8,10H,9H2,1H3,(H,22,24). The highest BCUT2D eigenvalue weighted by atomic mass is 35.5. The molecule has 0 fully saturated rings. The Morgan fingerprint density at radius 1 is 1.26 bits per heavy atom. The Kier molecular flexibility index (Phi) is 6.72. The Labute approximate surface area is 162 Å². The van der Waals surface area contributed by atoms with E-state index in [0.29, 0.717) is 11.1 Å². The van der Waals surface area contributed by atoms with E-state index < -0.39 is 33.9 Å². The smallest absolute Gasteiger partial charge is 0.325 e. The van der Waals surface area contributed by atoms with Crippen LogP contribution in [0.15, 0.2) is 42.5 Å². The Balaban J connectivity index is 2.06. The molecule has 1 atom stereocenters. The van der Waals surface area contributed by atoms with Gasteiger partial charge in [0, 0.05) is 22.4 Å². The second kappa shape index (κ2) is 8.62. The van der Waals surface area contributed by atoms with Crippen molar-refractivity contribution in [2.24, 2.45) is 0 Å². The molecule has 0 aromatic heterocycles. The molecule has 0 aliphatic rings. The number of rotatable bonds is 6. The van der Waals surface area contributed by atoms with E-state index in [9.17, 15) is 28.1 Å². The maximum Gasteiger partial charge on any atom is 0.418 e. The van der Waals surface area contributed by atoms with Gasteiger partial charge in [-0.3, -0.25) is 14.9 Å². The second-order valence-electron chi connectivity index (χ2n) is 5.54. The lowest BCUT2D eigenvalue weighted by molar-refractivity contribution is -0.385. The van der Waals surface area contributed by atoms with Crippen LogP contribution in [0.2, 0.25) is 5.02 Å². The molecule has 0 radical (unpaired) electrons. The van der Waals surface area contributed by atoms with Crippen LogP contribution in [0.3, 0.4) is 0 Å². The number of nitrogens with zero attached hydrogens (tertiary/aromatic N) is 1. The summed E-state index contributed by atoms with van der Waals surface area (Å²) in [5, 5.41) is 13.4. The lowest BCUT2D eigenvalue weighted by atomic mass is 10.1. The Bertz CT molecular complexity index is 844. The molecule has 0 saturated heterocycles. The fraction of sp³-hybridized carbons (Fsp3) is 0.235. The predicted octanol–water partition coefficient (Wildman–Crippen LogP) is 5.70. The number of amides is 1. The van der Waals surface area contributed by atoms with Crippen molar-refractivity contribution in [3.8, 4) is 0 Å². The fourth-order valence-electron chi connectivity index (χ4n) is 2.21. The number of halogens is 4. The molecule has 0 spiro atoms. The summed E-state index contributed by atoms with van der Waals surface area (Å²) in [4.78, 5) is 21.8. The number of carbonyl (C=O) groups is 1. The number of nitrogens with one attached hydrogen (secondary N) is 1. The molecule has 0 heterocycles. The number of nitro groups is 1. The molecule has 5 nitrogen and oxygen atoms in total. The normalized spacial score (nSPS) is 12.5. The van der Waals surface area contributed by atoms with Crippen molar-refractivity contribution in [3.05, 3.63) is 68.7 Å². The van der Waals surface area contributed by atoms with Crippen molar-refractivity contribution in [1.82, 2.24) is 0 Å². The molecule has 0 aliphatic heterocycles. The summed E-state index contributed by atoms with van der Waals surface area (Å²) in [6, 6.07) is 9.21. The molecule has 1 unspecified atom stereocenters. The van der Waals surface area contributed by atoms with Gasteiger partial charge in [-0.1, -0.05) is 23.7 Å². The minimum atomic E-state index is -4.83. The molecule has 2 aromatic carbocycles. The number of carbonyl (C=O) groups excluding carboxylic acids is 1. The van der Waals surface area contributed by atoms with Gasteiger partial charge in [0.15, 0.2) is 0 Å². The molecule has 2 aromatic rings. The van der Waals surface area contributed by atoms with Crippen LogP contribution in [0.1, 0.15) is 23.3 Å². The summed E-state index contributed by atoms with van der Waals surface area (Å²) in [5.41, 5.74) is -1.56. The average molecular weight is 419 g/mol. The molecule has 27 heavy (non-hydrogen) atoms. The Morgan fingerprint density at radius 2 is 1.89 bits per heavy atom. The van der Waals surface area contributed by atoms with Crippen LogP contribution in [0.4, 0.5) is 24.5 Å². The van der Waals surface area contributed by atoms with Crippen molar-refractivity contribution >= 4 is 40.6 Å². The number of thioether (sulfide) groups is 1. The Hall–Kier alpha value is -2.26. The van der Waals surface area contributed by atoms with Gasteiger partial charge in [-0.15, -0.1) is 11.8 Å². The number of hydrogen-bond acceptors (Lipinski definition) is 4. The number of benzene rings is 2. The first-order valence-electron chi connectivity index (χ1n) is 7.60. The third-order valence-electron chi connectivity index (χ3n) is 3.60. The summed E-state index contributed by atoms with van der Waals surface area (Å²) >= 11 is 7.05. The summed E-state index contributed by atoms with van der Waals surface area (Å²) in [7, 11) is 0. The van der Waals surface area contributed by atoms with E-state index in [1.807, 2.05) is 6.92 Å². The van der Waals surface area contributed by atoms with Gasteiger partial charge >= 0.3 is 6.18 Å². The van der Waals surface area contributed by atoms with Gasteiger partial charge in [0.25, 0.3) is 5.69 Å². The molecular formula is C17H14ClF3N2O3S. The molecule has 1 amide bonds. The van der Waals surface area contributed by atoms with Crippen molar-refractivity contribution in [2.75, 3.05) is 11.1 Å². The molecule has 1 N–H and O–H groups in total. The number of hydrogen-bond donors (Lipinski definition) is 1. The average Bonchev–Trinajstić information content (AvgIpc) is 2.59. The number of non-ortho nitro benzene ring substituents is 1. The van der Waals surface area contributed by atoms with E-state index in [0.717, 1.165) is 17.7 Å². The third kappa shape index (κ3) is 5.86. The van der Waals surface area contributed by atoms with E-state index >= 15 is 0 Å². The highest BCUT2D eigenvalue weighted by Crippen LogP contribution is 2.37. The van der Waals surface area contributed by atoms with E-state index in [2.05, 4.69) is 5.32 Å². The van der Waals surface area contributed by atoms with Crippen LogP contribution < -0.4 is 5.32 Å². The first kappa shape index (κ1) is 21.0. The van der Waals surface area contributed by atoms with Crippen LogP contribution in [0.5, 0.6) is 0 Å². The molecule has 0 aliphatic carbocycles. The Morgan fingerprint density at radius 3 is 2.44 bits per heavy atom. The maximum atomic E-state index is 13.1. The predicted molar refractivity (Wildman–Crippen MR) is 99.1 cm³/mol. The molecule has 0 saturated carbocycles. The van der Waals surface area contributed by atoms with Gasteiger partial charge in [0.2, 0.25) is 5.91 Å². The quantitative estimate of drug-likeness (QED) is 0.482. The van der Waals surface area contributed by atoms with Crippen molar-refractivity contribution in [1.29, 1.82) is 0 Å². The summed E-state index contributed by atoms with van der Waals surface area (Å²) in [6.07, 6.45) is -4.83. The summed E-state index contributed by atoms with van der Waals surface area (Å²) in [5.74, 6) is -0.724. The molecule has 10 heteroatoms. The molecule has 144 valence electrons. The summed E-state index contributed by atoms with van der Waals surface area (Å²) in [6.45, 7) is 1.86. The van der Waals surface area contributed by atoms with Gasteiger partial charge in [0.1, 0.15) is 0 Å². The summed E-state index contributed by atoms with van der Waals surface area (Å²) < 4.78 is 39.4. The van der Waals surface area contributed by atoms with Crippen molar-refractivity contribution in [3.63, 3.8) is 0 Å². The number of alkyl halides is 3. The first-order chi connectivity index (χ1) is 12.6. The van der Waals surface area contributed by atoms with E-state index in [1.165, 1.54) is 11.8 Å². The van der Waals surface area contributed by atoms with Crippen LogP contribution in [0, 0.1) is 10.1 Å². The number of nitro benzene ring substituents is 1. The topological polar surface area (TPSA) is 72.2 Å². The third-order valence-corrected chi connectivity index (χ3v) is 5.05. The van der Waals surface area contributed by atoms with Gasteiger partial charge in [-0.2, -0.15) is 13.2 Å². The minimum Gasteiger partial charge on any atom is -0.325 e. The zero-order valence-corrected chi connectivity index (χ0v) is 15.5. The highest BCUT2D eigenvalue weighted by molar-refractivity contribution is 8.00. The highest BCUT2D eigenvalue weighted by Gasteiger charge is 2.35. The van der Waals surface area contributed by atoms with Crippen LogP contribution >= 0.6 is 23.4 Å². The van der Waals surface area contributed by atoms with Gasteiger partial charge < -0.3 is 5.32 Å². The van der Waals surface area contributed by atoms with E-state index in [1.54, 1.807) is 24.3 Å². The van der Waals surface area contributed by atoms with E-state index in [-0.39, 0.29) is 11.0 Å². The SMILES string of the molecule is CC(SCC(=O)Nc1ccc([N+](=O)[O-])cc1C(F)(F)F)c1ccc(Cl)cc1. The van der Waals surface area contributed by atoms with Crippen molar-refractivity contribution in [2.45, 2.75) is 18.3 Å². The minimum absolute atomic E-state index is 0.0769. The van der Waals surface area contributed by atoms with Crippen LogP contribution in [-0.2, 0) is 11.0 Å². The second-order valence-corrected chi connectivity index (χ2v) is 7.30. The zero-order valence-electron chi connectivity index (χ0n) is 13.9. The lowest BCUT2D eigenvalue weighted by Gasteiger charge is -2.15. The monoisotopic (exact) mass is 418 g/mol. The zero-order chi connectivity index (χ0) is 20.2. The van der Waals surface area contributed by atoms with Crippen LogP contribution in [0.25, 0.3) is 0 Å². The number of anilines is 1. The lowest BCUT2D eigenvalue weighted by Crippen LogP contribution is -2.18. The van der Waals surface area contributed by atoms with Gasteiger partial charge in [-0.05, 0) is 30.7 Å². The van der Waals surface area contributed by atoms with E-state index in [4.69, 9.17) is 11.6 Å². The van der Waals surface area contributed by atoms with Gasteiger partial charge in [0.05, 0.1) is 21.9 Å². The van der Waals surface area contributed by atoms with Gasteiger partial charge in [-0.25, -0.2) is 0 Å². The largest absolute Gasteiger partial charge is 0.418 e. The maximum absolute atomic E-state index is 13.1. The molecule has 2 rings (SSSR count). The molecular weight excluding hydrogens is 405 g/mol. The fourth-order valence-corrected chi connectivity index (χ4v) is 3.16.